The Balaban J connectivity index is 2.12. The van der Waals surface area contributed by atoms with Crippen molar-refractivity contribution < 1.29 is 9.59 Å². The van der Waals surface area contributed by atoms with Crippen molar-refractivity contribution in [3.05, 3.63) is 29.0 Å². The van der Waals surface area contributed by atoms with E-state index in [1.807, 2.05) is 0 Å². The molecule has 2 aromatic rings. The molecule has 0 fully saturated rings. The molecule has 0 spiro atoms. The first-order valence-corrected chi connectivity index (χ1v) is 5.90. The van der Waals surface area contributed by atoms with Crippen LogP contribution >= 0.6 is 11.6 Å². The number of carbonyl (C=O) groups is 2. The number of amides is 2. The number of hydrogen-bond donors (Lipinski definition) is 4. The Hall–Kier alpha value is -2.61. The lowest BCUT2D eigenvalue weighted by molar-refractivity contribution is -0.114. The van der Waals surface area contributed by atoms with Gasteiger partial charge in [-0.25, -0.2) is 0 Å². The number of benzene rings is 1. The van der Waals surface area contributed by atoms with E-state index in [-0.39, 0.29) is 17.7 Å². The first-order chi connectivity index (χ1) is 9.45. The van der Waals surface area contributed by atoms with Crippen LogP contribution in [0.5, 0.6) is 0 Å². The molecule has 5 N–H and O–H groups in total. The van der Waals surface area contributed by atoms with Crippen LogP contribution in [0.15, 0.2) is 18.2 Å². The summed E-state index contributed by atoms with van der Waals surface area (Å²) in [7, 11) is 0. The van der Waals surface area contributed by atoms with E-state index in [1.165, 1.54) is 13.0 Å². The Kier molecular flexibility index (Phi) is 3.85. The van der Waals surface area contributed by atoms with Crippen molar-refractivity contribution in [1.82, 2.24) is 15.2 Å². The zero-order valence-electron chi connectivity index (χ0n) is 10.4. The third-order valence-corrected chi connectivity index (χ3v) is 2.57. The predicted molar refractivity (Wildman–Crippen MR) is 74.5 cm³/mol. The van der Waals surface area contributed by atoms with Crippen LogP contribution in [-0.4, -0.2) is 27.0 Å². The Morgan fingerprint density at radius 2 is 2.10 bits per heavy atom. The molecule has 2 amide bonds. The van der Waals surface area contributed by atoms with Gasteiger partial charge in [0.2, 0.25) is 17.7 Å². The second-order valence-electron chi connectivity index (χ2n) is 3.87. The molecule has 0 bridgehead atoms. The van der Waals surface area contributed by atoms with Gasteiger partial charge in [-0.3, -0.25) is 14.7 Å². The first-order valence-electron chi connectivity index (χ1n) is 5.52. The fourth-order valence-corrected chi connectivity index (χ4v) is 1.68. The lowest BCUT2D eigenvalue weighted by atomic mass is 10.2. The second kappa shape index (κ2) is 5.57. The lowest BCUT2D eigenvalue weighted by Crippen LogP contribution is -2.14. The van der Waals surface area contributed by atoms with Crippen molar-refractivity contribution in [3.63, 3.8) is 0 Å². The number of hydrogen-bond acceptors (Lipinski definition) is 5. The zero-order chi connectivity index (χ0) is 14.7. The number of nitrogen functional groups attached to an aromatic ring is 1. The van der Waals surface area contributed by atoms with Crippen molar-refractivity contribution in [2.24, 2.45) is 0 Å². The molecule has 0 unspecified atom stereocenters. The van der Waals surface area contributed by atoms with Crippen molar-refractivity contribution >= 4 is 40.7 Å². The van der Waals surface area contributed by atoms with E-state index in [9.17, 15) is 9.59 Å². The molecule has 1 heterocycles. The molecule has 1 aromatic heterocycles. The number of anilines is 3. The fourth-order valence-electron chi connectivity index (χ4n) is 1.45. The summed E-state index contributed by atoms with van der Waals surface area (Å²) in [6.07, 6.45) is 0. The van der Waals surface area contributed by atoms with Gasteiger partial charge in [0.05, 0.1) is 10.7 Å². The molecule has 0 saturated carbocycles. The standard InChI is InChI=1S/C11H11ClN6O2/c1-5(19)14-8-3-2-6(4-7(8)12)15-10(20)9-16-11(13)18-17-9/h2-4H,1H3,(H,14,19)(H,15,20)(H3,13,16,17,18). The van der Waals surface area contributed by atoms with Crippen LogP contribution in [0.3, 0.4) is 0 Å². The Morgan fingerprint density at radius 3 is 2.65 bits per heavy atom. The number of nitrogens with zero attached hydrogens (tertiary/aromatic N) is 2. The highest BCUT2D eigenvalue weighted by Gasteiger charge is 2.12. The first kappa shape index (κ1) is 13.8. The number of aromatic nitrogens is 3. The number of halogens is 1. The summed E-state index contributed by atoms with van der Waals surface area (Å²) in [4.78, 5) is 26.4. The molecular formula is C11H11ClN6O2. The van der Waals surface area contributed by atoms with E-state index in [0.29, 0.717) is 16.4 Å². The highest BCUT2D eigenvalue weighted by atomic mass is 35.5. The molecule has 0 saturated heterocycles. The summed E-state index contributed by atoms with van der Waals surface area (Å²) in [5, 5.41) is 11.4. The quantitative estimate of drug-likeness (QED) is 0.678. The Bertz CT molecular complexity index is 669. The van der Waals surface area contributed by atoms with E-state index >= 15 is 0 Å². The van der Waals surface area contributed by atoms with Gasteiger partial charge in [0.25, 0.3) is 5.91 Å². The molecule has 104 valence electrons. The van der Waals surface area contributed by atoms with Gasteiger partial charge in [-0.05, 0) is 18.2 Å². The molecule has 0 radical (unpaired) electrons. The number of carbonyl (C=O) groups excluding carboxylic acids is 2. The van der Waals surface area contributed by atoms with Crippen LogP contribution in [0, 0.1) is 0 Å². The van der Waals surface area contributed by atoms with Gasteiger partial charge in [-0.1, -0.05) is 11.6 Å². The van der Waals surface area contributed by atoms with Gasteiger partial charge >= 0.3 is 0 Å². The highest BCUT2D eigenvalue weighted by Crippen LogP contribution is 2.25. The molecule has 0 atom stereocenters. The topological polar surface area (TPSA) is 126 Å². The highest BCUT2D eigenvalue weighted by molar-refractivity contribution is 6.34. The maximum Gasteiger partial charge on any atom is 0.293 e. The monoisotopic (exact) mass is 294 g/mol. The third-order valence-electron chi connectivity index (χ3n) is 2.26. The number of rotatable bonds is 3. The third kappa shape index (κ3) is 3.23. The van der Waals surface area contributed by atoms with Crippen LogP contribution in [0.2, 0.25) is 5.02 Å². The minimum atomic E-state index is -0.502. The molecule has 8 nitrogen and oxygen atoms in total. The van der Waals surface area contributed by atoms with Gasteiger partial charge in [-0.15, -0.1) is 5.10 Å². The average molecular weight is 295 g/mol. The van der Waals surface area contributed by atoms with Crippen molar-refractivity contribution in [1.29, 1.82) is 0 Å². The van der Waals surface area contributed by atoms with E-state index in [2.05, 4.69) is 25.8 Å². The summed E-state index contributed by atoms with van der Waals surface area (Å²) < 4.78 is 0. The number of nitrogens with one attached hydrogen (secondary N) is 3. The lowest BCUT2D eigenvalue weighted by Gasteiger charge is -2.08. The minimum absolute atomic E-state index is 0.00967. The molecule has 0 aliphatic heterocycles. The zero-order valence-corrected chi connectivity index (χ0v) is 11.2. The summed E-state index contributed by atoms with van der Waals surface area (Å²) in [5.74, 6) is -0.767. The van der Waals surface area contributed by atoms with E-state index < -0.39 is 5.91 Å². The van der Waals surface area contributed by atoms with Crippen LogP contribution < -0.4 is 16.4 Å². The summed E-state index contributed by atoms with van der Waals surface area (Å²) >= 11 is 5.99. The number of nitrogens with two attached hydrogens (primary N) is 1. The minimum Gasteiger partial charge on any atom is -0.366 e. The molecule has 2 rings (SSSR count). The van der Waals surface area contributed by atoms with Crippen LogP contribution in [0.1, 0.15) is 17.5 Å². The van der Waals surface area contributed by atoms with Crippen molar-refractivity contribution in [3.8, 4) is 0 Å². The molecule has 20 heavy (non-hydrogen) atoms. The summed E-state index contributed by atoms with van der Waals surface area (Å²) in [6.45, 7) is 1.38. The van der Waals surface area contributed by atoms with Gasteiger partial charge in [0, 0.05) is 12.6 Å². The Labute approximate surface area is 118 Å². The number of H-pyrrole nitrogens is 1. The predicted octanol–water partition coefficient (Wildman–Crippen LogP) is 1.25. The van der Waals surface area contributed by atoms with E-state index in [0.717, 1.165) is 0 Å². The molecular weight excluding hydrogens is 284 g/mol. The van der Waals surface area contributed by atoms with Crippen LogP contribution in [-0.2, 0) is 4.79 Å². The molecule has 9 heteroatoms. The normalized spacial score (nSPS) is 10.1. The van der Waals surface area contributed by atoms with E-state index in [1.54, 1.807) is 12.1 Å². The smallest absolute Gasteiger partial charge is 0.293 e. The van der Waals surface area contributed by atoms with Crippen molar-refractivity contribution in [2.45, 2.75) is 6.92 Å². The number of aromatic amines is 1. The van der Waals surface area contributed by atoms with E-state index in [4.69, 9.17) is 17.3 Å². The van der Waals surface area contributed by atoms with Crippen LogP contribution in [0.25, 0.3) is 0 Å². The summed E-state index contributed by atoms with van der Waals surface area (Å²) in [6, 6.07) is 4.67. The van der Waals surface area contributed by atoms with Crippen LogP contribution in [0.4, 0.5) is 17.3 Å². The van der Waals surface area contributed by atoms with Crippen molar-refractivity contribution in [2.75, 3.05) is 16.4 Å². The van der Waals surface area contributed by atoms with Gasteiger partial charge < -0.3 is 16.4 Å². The average Bonchev–Trinajstić information content (AvgIpc) is 2.79. The SMILES string of the molecule is CC(=O)Nc1ccc(NC(=O)c2nc(N)n[nH]2)cc1Cl. The fraction of sp³-hybridized carbons (Fsp3) is 0.0909. The molecule has 0 aliphatic carbocycles. The molecule has 0 aliphatic rings. The van der Waals surface area contributed by atoms with Gasteiger partial charge in [-0.2, -0.15) is 4.98 Å². The van der Waals surface area contributed by atoms with Gasteiger partial charge in [0.15, 0.2) is 0 Å². The summed E-state index contributed by atoms with van der Waals surface area (Å²) in [5.41, 5.74) is 6.21. The largest absolute Gasteiger partial charge is 0.366 e. The maximum absolute atomic E-state index is 11.8. The molecule has 1 aromatic carbocycles. The second-order valence-corrected chi connectivity index (χ2v) is 4.28. The maximum atomic E-state index is 11.8. The Morgan fingerprint density at radius 1 is 1.35 bits per heavy atom. The van der Waals surface area contributed by atoms with Gasteiger partial charge in [0.1, 0.15) is 0 Å².